The molecule has 271 valence electrons. The van der Waals surface area contributed by atoms with Gasteiger partial charge in [0.1, 0.15) is 0 Å². The summed E-state index contributed by atoms with van der Waals surface area (Å²) in [5, 5.41) is 8.51. The normalized spacial score (nSPS) is 13.3. The van der Waals surface area contributed by atoms with E-state index in [1.54, 1.807) is 17.5 Å². The summed E-state index contributed by atoms with van der Waals surface area (Å²) in [6.07, 6.45) is 3.77. The zero-order chi connectivity index (χ0) is 39.5. The minimum atomic E-state index is -1.50. The second-order valence-electron chi connectivity index (χ2n) is 15.3. The molecule has 3 heterocycles. The Labute approximate surface area is 338 Å². The van der Waals surface area contributed by atoms with Gasteiger partial charge in [0.25, 0.3) is 0 Å². The summed E-state index contributed by atoms with van der Waals surface area (Å²) in [5.74, 6) is -2.08. The van der Waals surface area contributed by atoms with Crippen LogP contribution in [0.1, 0.15) is 80.0 Å². The predicted octanol–water partition coefficient (Wildman–Crippen LogP) is 13.7. The molecule has 5 heteroatoms. The molecule has 53 heavy (non-hydrogen) atoms. The Kier molecular flexibility index (Phi) is 10.3. The van der Waals surface area contributed by atoms with Crippen molar-refractivity contribution in [1.29, 1.82) is 0 Å². The van der Waals surface area contributed by atoms with Crippen LogP contribution >= 0.6 is 11.3 Å². The van der Waals surface area contributed by atoms with E-state index in [2.05, 4.69) is 96.3 Å². The smallest absolute Gasteiger partial charge is 0.0799 e. The molecule has 0 saturated carbocycles. The van der Waals surface area contributed by atoms with Crippen molar-refractivity contribution >= 4 is 66.3 Å². The van der Waals surface area contributed by atoms with Crippen LogP contribution < -0.4 is 5.19 Å². The van der Waals surface area contributed by atoms with Crippen molar-refractivity contribution in [1.82, 2.24) is 9.97 Å². The van der Waals surface area contributed by atoms with Gasteiger partial charge in [-0.25, -0.2) is 0 Å². The van der Waals surface area contributed by atoms with Crippen LogP contribution in [-0.2, 0) is 20.1 Å². The van der Waals surface area contributed by atoms with E-state index in [1.165, 1.54) is 36.8 Å². The number of pyridine rings is 2. The van der Waals surface area contributed by atoms with Crippen LogP contribution in [0, 0.1) is 12.1 Å². The zero-order valence-electron chi connectivity index (χ0n) is 35.0. The molecule has 0 saturated heterocycles. The molecule has 0 aliphatic carbocycles. The number of fused-ring (bicyclic) bond motifs is 6. The molecular formula is C48H48IrN2SSi-2. The first kappa shape index (κ1) is 34.8. The van der Waals surface area contributed by atoms with Crippen molar-refractivity contribution in [3.63, 3.8) is 0 Å². The van der Waals surface area contributed by atoms with Gasteiger partial charge in [0.2, 0.25) is 0 Å². The molecule has 0 amide bonds. The monoisotopic (exact) mass is 908 g/mol. The molecule has 3 aromatic heterocycles. The molecule has 1 radical (unpaired) electrons. The number of hydrogen-bond acceptors (Lipinski definition) is 3. The van der Waals surface area contributed by atoms with Gasteiger partial charge in [0.15, 0.2) is 0 Å². The Morgan fingerprint density at radius 1 is 0.679 bits per heavy atom. The van der Waals surface area contributed by atoms with Crippen LogP contribution in [0.25, 0.3) is 64.2 Å². The molecule has 0 aliphatic heterocycles. The number of rotatable bonds is 6. The van der Waals surface area contributed by atoms with Gasteiger partial charge in [-0.2, -0.15) is 11.3 Å². The summed E-state index contributed by atoms with van der Waals surface area (Å²) in [7, 11) is -1.50. The number of thiophene rings is 1. The third-order valence-electron chi connectivity index (χ3n) is 9.78. The van der Waals surface area contributed by atoms with Crippen molar-refractivity contribution in [3.05, 3.63) is 138 Å². The van der Waals surface area contributed by atoms with E-state index in [4.69, 9.17) is 4.11 Å². The third kappa shape index (κ3) is 7.82. The van der Waals surface area contributed by atoms with Gasteiger partial charge in [-0.1, -0.05) is 132 Å². The van der Waals surface area contributed by atoms with E-state index >= 15 is 0 Å². The zero-order valence-corrected chi connectivity index (χ0v) is 36.2. The summed E-state index contributed by atoms with van der Waals surface area (Å²) in [6.45, 7) is 18.5. The Hall–Kier alpha value is -3.99. The third-order valence-corrected chi connectivity index (χ3v) is 13.0. The number of nitrogens with zero attached hydrogens (tertiary/aromatic N) is 2. The van der Waals surface area contributed by atoms with Crippen molar-refractivity contribution in [2.24, 2.45) is 0 Å². The first-order chi connectivity index (χ1) is 25.8. The Morgan fingerprint density at radius 3 is 2.11 bits per heavy atom. The molecule has 0 bridgehead atoms. The number of aromatic nitrogens is 2. The van der Waals surface area contributed by atoms with Crippen molar-refractivity contribution in [2.45, 2.75) is 78.9 Å². The summed E-state index contributed by atoms with van der Waals surface area (Å²) >= 11 is 1.75. The maximum Gasteiger partial charge on any atom is 0.0799 e. The van der Waals surface area contributed by atoms with Crippen LogP contribution in [0.2, 0.25) is 19.6 Å². The maximum atomic E-state index is 8.88. The second kappa shape index (κ2) is 15.8. The minimum Gasteiger partial charge on any atom is -0.305 e. The molecule has 0 unspecified atom stereocenters. The van der Waals surface area contributed by atoms with Crippen LogP contribution in [0.3, 0.4) is 0 Å². The van der Waals surface area contributed by atoms with Gasteiger partial charge < -0.3 is 9.97 Å². The Bertz CT molecular complexity index is 2700. The second-order valence-corrected chi connectivity index (χ2v) is 21.4. The summed E-state index contributed by atoms with van der Waals surface area (Å²) < 4.78 is 28.1. The average molecular weight is 908 g/mol. The van der Waals surface area contributed by atoms with Crippen molar-refractivity contribution < 1.29 is 24.2 Å². The fourth-order valence-electron chi connectivity index (χ4n) is 6.95. The molecule has 0 atom stereocenters. The standard InChI is InChI=1S/C31H26NS.C17H22NSi.Ir/c1-18(2)21-13-14-32-28(16-21)25-12-11-23(19(3)4)30-27-15-22-10-9-20-7-5-6-8-24(20)26(22)17-29(27)33-31(25)30;1-13(2)15-11-16(14-9-7-6-8-10-14)18-12-17(15)19(3,4)5;/h5-11,13-19H,1-4H3;6-9,11-13H,1-5H3;/q2*-1;/i18D,19D;13D;. The number of hydrogen-bond donors (Lipinski definition) is 0. The Morgan fingerprint density at radius 2 is 1.42 bits per heavy atom. The summed E-state index contributed by atoms with van der Waals surface area (Å²) in [4.78, 5) is 9.29. The first-order valence-corrected chi connectivity index (χ1v) is 22.3. The van der Waals surface area contributed by atoms with E-state index in [9.17, 15) is 0 Å². The molecule has 0 N–H and O–H groups in total. The van der Waals surface area contributed by atoms with Gasteiger partial charge in [-0.15, -0.1) is 59.2 Å². The maximum absolute atomic E-state index is 8.88. The van der Waals surface area contributed by atoms with Crippen LogP contribution in [0.15, 0.2) is 109 Å². The van der Waals surface area contributed by atoms with Crippen LogP contribution in [0.4, 0.5) is 0 Å². The first-order valence-electron chi connectivity index (χ1n) is 19.5. The number of benzene rings is 5. The van der Waals surface area contributed by atoms with Gasteiger partial charge >= 0.3 is 0 Å². The van der Waals surface area contributed by atoms with Gasteiger partial charge in [0, 0.05) is 41.3 Å². The van der Waals surface area contributed by atoms with E-state index in [-0.39, 0.29) is 20.1 Å². The molecule has 0 spiro atoms. The van der Waals surface area contributed by atoms with Gasteiger partial charge in [-0.3, -0.25) is 0 Å². The molecule has 8 aromatic rings. The van der Waals surface area contributed by atoms with Gasteiger partial charge in [0.05, 0.1) is 8.07 Å². The SMILES string of the molecule is [2H]C(C)(C)c1cc(-c2[c-]cccc2)ncc1[Si](C)(C)C.[2H]C(C)(C)c1ccnc(-c2[c-]cc(C([2H])(C)C)c3c2sc2cc4c(ccc5ccccc54)cc23)c1.[Ir]. The molecule has 8 rings (SSSR count). The quantitative estimate of drug-likeness (QED) is 0.0944. The fraction of sp³-hybridized carbons (Fsp3) is 0.250. The van der Waals surface area contributed by atoms with E-state index < -0.39 is 25.8 Å². The van der Waals surface area contributed by atoms with Crippen molar-refractivity contribution in [2.75, 3.05) is 0 Å². The minimum absolute atomic E-state index is 0. The molecule has 0 fully saturated rings. The largest absolute Gasteiger partial charge is 0.305 e. The summed E-state index contributed by atoms with van der Waals surface area (Å²) in [5.41, 5.74) is 6.65. The van der Waals surface area contributed by atoms with Crippen molar-refractivity contribution in [3.8, 4) is 22.5 Å². The molecule has 5 aromatic carbocycles. The topological polar surface area (TPSA) is 25.8 Å². The molecule has 2 nitrogen and oxygen atoms in total. The average Bonchev–Trinajstić information content (AvgIpc) is 3.51. The van der Waals surface area contributed by atoms with E-state index in [1.807, 2.05) is 90.2 Å². The molecular weight excluding hydrogens is 857 g/mol. The predicted molar refractivity (Wildman–Crippen MR) is 230 cm³/mol. The van der Waals surface area contributed by atoms with Crippen LogP contribution in [0.5, 0.6) is 0 Å². The fourth-order valence-corrected chi connectivity index (χ4v) is 9.79. The summed E-state index contributed by atoms with van der Waals surface area (Å²) in [6, 6.07) is 40.0. The van der Waals surface area contributed by atoms with Crippen LogP contribution in [-0.4, -0.2) is 18.0 Å². The molecule has 0 aliphatic rings. The Balaban J connectivity index is 0.000000217. The van der Waals surface area contributed by atoms with Gasteiger partial charge in [-0.05, 0) is 78.2 Å². The van der Waals surface area contributed by atoms with E-state index in [0.717, 1.165) is 49.3 Å². The van der Waals surface area contributed by atoms with E-state index in [0.29, 0.717) is 0 Å².